The Morgan fingerprint density at radius 1 is 1.19 bits per heavy atom. The molecule has 31 heavy (non-hydrogen) atoms. The molecule has 3 rings (SSSR count). The van der Waals surface area contributed by atoms with Gasteiger partial charge < -0.3 is 19.7 Å². The number of benzene rings is 2. The van der Waals surface area contributed by atoms with E-state index in [-0.39, 0.29) is 12.0 Å². The van der Waals surface area contributed by atoms with E-state index >= 15 is 0 Å². The van der Waals surface area contributed by atoms with Crippen molar-refractivity contribution in [2.45, 2.75) is 32.7 Å². The minimum atomic E-state index is -1.04. The van der Waals surface area contributed by atoms with Crippen LogP contribution in [-0.4, -0.2) is 28.7 Å². The SMILES string of the molecule is CCCOc1ccc([C@@H](CC(=O)O)NC(=O)c2c(-c3ccccc3Cl)noc2C)cc1. The second kappa shape index (κ2) is 10.1. The van der Waals surface area contributed by atoms with Gasteiger partial charge in [-0.3, -0.25) is 9.59 Å². The average molecular weight is 443 g/mol. The summed E-state index contributed by atoms with van der Waals surface area (Å²) in [5.74, 6) is -0.539. The monoisotopic (exact) mass is 442 g/mol. The molecular formula is C23H23ClN2O5. The third kappa shape index (κ3) is 5.44. The van der Waals surface area contributed by atoms with E-state index in [4.69, 9.17) is 20.9 Å². The first-order valence-electron chi connectivity index (χ1n) is 9.87. The Bertz CT molecular complexity index is 1060. The molecule has 0 spiro atoms. The number of amides is 1. The van der Waals surface area contributed by atoms with Gasteiger partial charge >= 0.3 is 5.97 Å². The van der Waals surface area contributed by atoms with Crippen LogP contribution in [0.2, 0.25) is 5.02 Å². The lowest BCUT2D eigenvalue weighted by atomic mass is 10.0. The number of carboxylic acid groups (broad SMARTS) is 1. The quantitative estimate of drug-likeness (QED) is 0.481. The number of hydrogen-bond donors (Lipinski definition) is 2. The van der Waals surface area contributed by atoms with Crippen molar-refractivity contribution < 1.29 is 24.0 Å². The van der Waals surface area contributed by atoms with Crippen LogP contribution in [0.4, 0.5) is 0 Å². The Labute approximate surface area is 185 Å². The molecule has 1 amide bonds. The molecule has 1 atom stereocenters. The van der Waals surface area contributed by atoms with E-state index in [0.29, 0.717) is 40.0 Å². The molecule has 2 aromatic carbocycles. The molecule has 0 fully saturated rings. The molecular weight excluding hydrogens is 420 g/mol. The number of nitrogens with one attached hydrogen (secondary N) is 1. The van der Waals surface area contributed by atoms with Crippen molar-refractivity contribution in [3.8, 4) is 17.0 Å². The molecule has 162 valence electrons. The number of hydrogen-bond acceptors (Lipinski definition) is 5. The van der Waals surface area contributed by atoms with Gasteiger partial charge in [-0.2, -0.15) is 0 Å². The third-order valence-electron chi connectivity index (χ3n) is 4.66. The Kier molecular flexibility index (Phi) is 7.31. The molecule has 2 N–H and O–H groups in total. The molecule has 3 aromatic rings. The number of carbonyl (C=O) groups excluding carboxylic acids is 1. The van der Waals surface area contributed by atoms with Gasteiger partial charge in [0.1, 0.15) is 22.8 Å². The molecule has 0 saturated carbocycles. The standard InChI is InChI=1S/C23H23ClN2O5/c1-3-12-30-16-10-8-15(9-11-16)19(13-20(27)28)25-23(29)21-14(2)31-26-22(21)17-6-4-5-7-18(17)24/h4-11,19H,3,12-13H2,1-2H3,(H,25,29)(H,27,28)/t19-/m1/s1. The van der Waals surface area contributed by atoms with E-state index in [9.17, 15) is 14.7 Å². The fourth-order valence-corrected chi connectivity index (χ4v) is 3.38. The molecule has 0 aliphatic rings. The highest BCUT2D eigenvalue weighted by molar-refractivity contribution is 6.33. The predicted octanol–water partition coefficient (Wildman–Crippen LogP) is 5.04. The van der Waals surface area contributed by atoms with Gasteiger partial charge in [0, 0.05) is 5.56 Å². The van der Waals surface area contributed by atoms with Crippen LogP contribution < -0.4 is 10.1 Å². The summed E-state index contributed by atoms with van der Waals surface area (Å²) in [4.78, 5) is 24.6. The maximum atomic E-state index is 13.1. The summed E-state index contributed by atoms with van der Waals surface area (Å²) >= 11 is 6.26. The first-order chi connectivity index (χ1) is 14.9. The lowest BCUT2D eigenvalue weighted by Crippen LogP contribution is -2.30. The van der Waals surface area contributed by atoms with E-state index < -0.39 is 17.9 Å². The Hall–Kier alpha value is -3.32. The largest absolute Gasteiger partial charge is 0.494 e. The van der Waals surface area contributed by atoms with Crippen LogP contribution in [0.3, 0.4) is 0 Å². The smallest absolute Gasteiger partial charge is 0.305 e. The number of aromatic nitrogens is 1. The van der Waals surface area contributed by atoms with Gasteiger partial charge in [-0.25, -0.2) is 0 Å². The molecule has 0 radical (unpaired) electrons. The van der Waals surface area contributed by atoms with Crippen molar-refractivity contribution in [1.29, 1.82) is 0 Å². The highest BCUT2D eigenvalue weighted by Gasteiger charge is 2.26. The summed E-state index contributed by atoms with van der Waals surface area (Å²) in [6.07, 6.45) is 0.595. The van der Waals surface area contributed by atoms with Gasteiger partial charge in [-0.15, -0.1) is 0 Å². The first kappa shape index (κ1) is 22.4. The summed E-state index contributed by atoms with van der Waals surface area (Å²) in [6, 6.07) is 13.2. The van der Waals surface area contributed by atoms with Crippen LogP contribution >= 0.6 is 11.6 Å². The van der Waals surface area contributed by atoms with E-state index in [1.807, 2.05) is 6.92 Å². The molecule has 0 bridgehead atoms. The summed E-state index contributed by atoms with van der Waals surface area (Å²) in [6.45, 7) is 4.22. The number of nitrogens with zero attached hydrogens (tertiary/aromatic N) is 1. The molecule has 7 nitrogen and oxygen atoms in total. The Balaban J connectivity index is 1.88. The fourth-order valence-electron chi connectivity index (χ4n) is 3.15. The van der Waals surface area contributed by atoms with Crippen molar-refractivity contribution in [3.63, 3.8) is 0 Å². The Morgan fingerprint density at radius 2 is 1.90 bits per heavy atom. The number of carboxylic acids is 1. The second-order valence-electron chi connectivity index (χ2n) is 6.98. The first-order valence-corrected chi connectivity index (χ1v) is 10.2. The number of aryl methyl sites for hydroxylation is 1. The summed E-state index contributed by atoms with van der Waals surface area (Å²) < 4.78 is 10.8. The zero-order valence-corrected chi connectivity index (χ0v) is 18.0. The number of ether oxygens (including phenoxy) is 1. The summed E-state index contributed by atoms with van der Waals surface area (Å²) in [5.41, 5.74) is 1.72. The van der Waals surface area contributed by atoms with Crippen molar-refractivity contribution in [2.75, 3.05) is 6.61 Å². The number of carbonyl (C=O) groups is 2. The maximum absolute atomic E-state index is 13.1. The van der Waals surface area contributed by atoms with Crippen LogP contribution in [-0.2, 0) is 4.79 Å². The van der Waals surface area contributed by atoms with Gasteiger partial charge in [-0.05, 0) is 37.1 Å². The lowest BCUT2D eigenvalue weighted by molar-refractivity contribution is -0.137. The highest BCUT2D eigenvalue weighted by atomic mass is 35.5. The summed E-state index contributed by atoms with van der Waals surface area (Å²) in [7, 11) is 0. The minimum absolute atomic E-state index is 0.214. The normalized spacial score (nSPS) is 11.7. The molecule has 0 unspecified atom stereocenters. The van der Waals surface area contributed by atoms with Crippen molar-refractivity contribution in [3.05, 3.63) is 70.4 Å². The van der Waals surface area contributed by atoms with E-state index in [2.05, 4.69) is 10.5 Å². The minimum Gasteiger partial charge on any atom is -0.494 e. The molecule has 1 heterocycles. The number of halogens is 1. The molecule has 8 heteroatoms. The van der Waals surface area contributed by atoms with Crippen molar-refractivity contribution >= 4 is 23.5 Å². The predicted molar refractivity (Wildman–Crippen MR) is 116 cm³/mol. The molecule has 1 aromatic heterocycles. The van der Waals surface area contributed by atoms with Crippen LogP contribution in [0.1, 0.15) is 47.5 Å². The van der Waals surface area contributed by atoms with Gasteiger partial charge in [-0.1, -0.05) is 54.0 Å². The van der Waals surface area contributed by atoms with Crippen LogP contribution in [0.5, 0.6) is 5.75 Å². The van der Waals surface area contributed by atoms with Crippen LogP contribution in [0.15, 0.2) is 53.1 Å². The van der Waals surface area contributed by atoms with Crippen LogP contribution in [0, 0.1) is 6.92 Å². The molecule has 0 aliphatic carbocycles. The third-order valence-corrected chi connectivity index (χ3v) is 4.99. The Morgan fingerprint density at radius 3 is 2.55 bits per heavy atom. The zero-order chi connectivity index (χ0) is 22.4. The van der Waals surface area contributed by atoms with E-state index in [0.717, 1.165) is 6.42 Å². The van der Waals surface area contributed by atoms with E-state index in [1.54, 1.807) is 55.5 Å². The number of aliphatic carboxylic acids is 1. The highest BCUT2D eigenvalue weighted by Crippen LogP contribution is 2.31. The fraction of sp³-hybridized carbons (Fsp3) is 0.261. The van der Waals surface area contributed by atoms with Crippen molar-refractivity contribution in [1.82, 2.24) is 10.5 Å². The zero-order valence-electron chi connectivity index (χ0n) is 17.2. The van der Waals surface area contributed by atoms with Gasteiger partial charge in [0.25, 0.3) is 5.91 Å². The topological polar surface area (TPSA) is 102 Å². The average Bonchev–Trinajstić information content (AvgIpc) is 3.13. The van der Waals surface area contributed by atoms with Gasteiger partial charge in [0.15, 0.2) is 0 Å². The lowest BCUT2D eigenvalue weighted by Gasteiger charge is -2.18. The maximum Gasteiger partial charge on any atom is 0.305 e. The molecule has 0 aliphatic heterocycles. The van der Waals surface area contributed by atoms with Gasteiger partial charge in [0.2, 0.25) is 0 Å². The van der Waals surface area contributed by atoms with E-state index in [1.165, 1.54) is 0 Å². The molecule has 0 saturated heterocycles. The summed E-state index contributed by atoms with van der Waals surface area (Å²) in [5, 5.41) is 16.6. The van der Waals surface area contributed by atoms with Crippen molar-refractivity contribution in [2.24, 2.45) is 0 Å². The van der Waals surface area contributed by atoms with Gasteiger partial charge in [0.05, 0.1) is 24.1 Å². The number of rotatable bonds is 9. The second-order valence-corrected chi connectivity index (χ2v) is 7.39. The van der Waals surface area contributed by atoms with Crippen LogP contribution in [0.25, 0.3) is 11.3 Å².